The first kappa shape index (κ1) is 11.5. The Morgan fingerprint density at radius 1 is 1.50 bits per heavy atom. The molecule has 0 aromatic heterocycles. The van der Waals surface area contributed by atoms with E-state index in [0.717, 1.165) is 0 Å². The summed E-state index contributed by atoms with van der Waals surface area (Å²) in [5.74, 6) is -0.390. The molecule has 1 fully saturated rings. The number of rotatable bonds is 6. The van der Waals surface area contributed by atoms with Crippen LogP contribution < -0.4 is 0 Å². The summed E-state index contributed by atoms with van der Waals surface area (Å²) in [6, 6.07) is 0. The third kappa shape index (κ3) is 3.64. The third-order valence-corrected chi connectivity index (χ3v) is 2.60. The Bertz CT molecular complexity index is 175. The SMILES string of the molecule is COCC(OCC1CCCC1)C(=O)O. The van der Waals surface area contributed by atoms with E-state index in [1.165, 1.54) is 32.8 Å². The molecule has 82 valence electrons. The van der Waals surface area contributed by atoms with Gasteiger partial charge in [-0.1, -0.05) is 12.8 Å². The minimum absolute atomic E-state index is 0.127. The molecule has 0 amide bonds. The highest BCUT2D eigenvalue weighted by Crippen LogP contribution is 2.25. The first-order chi connectivity index (χ1) is 6.74. The molecule has 0 aromatic rings. The van der Waals surface area contributed by atoms with Gasteiger partial charge in [-0.05, 0) is 18.8 Å². The Morgan fingerprint density at radius 2 is 2.14 bits per heavy atom. The van der Waals surface area contributed by atoms with Crippen LogP contribution in [-0.4, -0.2) is 37.5 Å². The lowest BCUT2D eigenvalue weighted by atomic mass is 10.1. The highest BCUT2D eigenvalue weighted by Gasteiger charge is 2.21. The molecule has 4 nitrogen and oxygen atoms in total. The molecule has 14 heavy (non-hydrogen) atoms. The third-order valence-electron chi connectivity index (χ3n) is 2.60. The van der Waals surface area contributed by atoms with E-state index < -0.39 is 12.1 Å². The number of carbonyl (C=O) groups is 1. The fraction of sp³-hybridized carbons (Fsp3) is 0.900. The van der Waals surface area contributed by atoms with Crippen LogP contribution in [0.25, 0.3) is 0 Å². The average Bonchev–Trinajstić information content (AvgIpc) is 2.64. The Balaban J connectivity index is 2.21. The summed E-state index contributed by atoms with van der Waals surface area (Å²) in [6.07, 6.45) is 4.02. The first-order valence-electron chi connectivity index (χ1n) is 5.07. The van der Waals surface area contributed by atoms with Crippen molar-refractivity contribution in [3.63, 3.8) is 0 Å². The molecule has 1 aliphatic rings. The van der Waals surface area contributed by atoms with E-state index >= 15 is 0 Å². The van der Waals surface area contributed by atoms with E-state index in [-0.39, 0.29) is 6.61 Å². The largest absolute Gasteiger partial charge is 0.479 e. The Kier molecular flexibility index (Phi) is 4.90. The van der Waals surface area contributed by atoms with Crippen LogP contribution in [0, 0.1) is 5.92 Å². The van der Waals surface area contributed by atoms with Crippen molar-refractivity contribution in [1.29, 1.82) is 0 Å². The van der Waals surface area contributed by atoms with Crippen molar-refractivity contribution in [3.05, 3.63) is 0 Å². The van der Waals surface area contributed by atoms with Crippen molar-refractivity contribution < 1.29 is 19.4 Å². The second-order valence-corrected chi connectivity index (χ2v) is 3.77. The van der Waals surface area contributed by atoms with Gasteiger partial charge >= 0.3 is 5.97 Å². The van der Waals surface area contributed by atoms with Gasteiger partial charge < -0.3 is 14.6 Å². The van der Waals surface area contributed by atoms with Crippen LogP contribution in [-0.2, 0) is 14.3 Å². The van der Waals surface area contributed by atoms with Gasteiger partial charge in [0.1, 0.15) is 0 Å². The van der Waals surface area contributed by atoms with Gasteiger partial charge in [0.15, 0.2) is 6.10 Å². The molecule has 0 spiro atoms. The predicted octanol–water partition coefficient (Wildman–Crippen LogP) is 1.29. The van der Waals surface area contributed by atoms with E-state index in [2.05, 4.69) is 0 Å². The highest BCUT2D eigenvalue weighted by atomic mass is 16.5. The molecule has 0 aliphatic heterocycles. The van der Waals surface area contributed by atoms with Crippen LogP contribution in [0.5, 0.6) is 0 Å². The zero-order chi connectivity index (χ0) is 10.4. The molecule has 0 aromatic carbocycles. The van der Waals surface area contributed by atoms with E-state index in [4.69, 9.17) is 14.6 Å². The van der Waals surface area contributed by atoms with Gasteiger partial charge in [0.05, 0.1) is 13.2 Å². The summed E-state index contributed by atoms with van der Waals surface area (Å²) in [4.78, 5) is 10.7. The van der Waals surface area contributed by atoms with Crippen molar-refractivity contribution in [2.75, 3.05) is 20.3 Å². The number of ether oxygens (including phenoxy) is 2. The van der Waals surface area contributed by atoms with Gasteiger partial charge in [0.25, 0.3) is 0 Å². The second kappa shape index (κ2) is 5.98. The maximum atomic E-state index is 10.7. The van der Waals surface area contributed by atoms with E-state index in [9.17, 15) is 4.79 Å². The molecule has 1 unspecified atom stereocenters. The Hall–Kier alpha value is -0.610. The van der Waals surface area contributed by atoms with E-state index in [0.29, 0.717) is 12.5 Å². The maximum Gasteiger partial charge on any atom is 0.335 e. The van der Waals surface area contributed by atoms with Crippen LogP contribution in [0.15, 0.2) is 0 Å². The quantitative estimate of drug-likeness (QED) is 0.705. The van der Waals surface area contributed by atoms with Gasteiger partial charge in [-0.25, -0.2) is 4.79 Å². The molecule has 0 bridgehead atoms. The summed E-state index contributed by atoms with van der Waals surface area (Å²) in [7, 11) is 1.48. The maximum absolute atomic E-state index is 10.7. The van der Waals surface area contributed by atoms with Crippen LogP contribution in [0.1, 0.15) is 25.7 Å². The van der Waals surface area contributed by atoms with Gasteiger partial charge in [-0.15, -0.1) is 0 Å². The number of hydrogen-bond acceptors (Lipinski definition) is 3. The molecule has 0 saturated heterocycles. The Morgan fingerprint density at radius 3 is 2.64 bits per heavy atom. The number of aliphatic carboxylic acids is 1. The fourth-order valence-electron chi connectivity index (χ4n) is 1.77. The van der Waals surface area contributed by atoms with E-state index in [1.54, 1.807) is 0 Å². The minimum Gasteiger partial charge on any atom is -0.479 e. The summed E-state index contributed by atoms with van der Waals surface area (Å²) < 4.78 is 10.1. The van der Waals surface area contributed by atoms with E-state index in [1.807, 2.05) is 0 Å². The molecular formula is C10H18O4. The molecule has 0 radical (unpaired) electrons. The number of methoxy groups -OCH3 is 1. The van der Waals surface area contributed by atoms with Crippen molar-refractivity contribution in [2.24, 2.45) is 5.92 Å². The lowest BCUT2D eigenvalue weighted by Crippen LogP contribution is -2.30. The molecule has 0 heterocycles. The minimum atomic E-state index is -0.940. The number of carboxylic acids is 1. The van der Waals surface area contributed by atoms with Crippen LogP contribution >= 0.6 is 0 Å². The second-order valence-electron chi connectivity index (χ2n) is 3.77. The van der Waals surface area contributed by atoms with Gasteiger partial charge in [0.2, 0.25) is 0 Å². The predicted molar refractivity (Wildman–Crippen MR) is 51.2 cm³/mol. The molecular weight excluding hydrogens is 184 g/mol. The Labute approximate surface area is 84.2 Å². The normalized spacial score (nSPS) is 19.8. The van der Waals surface area contributed by atoms with Gasteiger partial charge in [-0.2, -0.15) is 0 Å². The van der Waals surface area contributed by atoms with Crippen molar-refractivity contribution in [3.8, 4) is 0 Å². The summed E-state index contributed by atoms with van der Waals surface area (Å²) in [5.41, 5.74) is 0. The standard InChI is InChI=1S/C10H18O4/c1-13-7-9(10(11)12)14-6-8-4-2-3-5-8/h8-9H,2-7H2,1H3,(H,11,12). The zero-order valence-corrected chi connectivity index (χ0v) is 8.57. The van der Waals surface area contributed by atoms with Crippen molar-refractivity contribution in [1.82, 2.24) is 0 Å². The summed E-state index contributed by atoms with van der Waals surface area (Å²) in [5, 5.41) is 8.77. The van der Waals surface area contributed by atoms with Crippen LogP contribution in [0.3, 0.4) is 0 Å². The van der Waals surface area contributed by atoms with Crippen molar-refractivity contribution >= 4 is 5.97 Å². The van der Waals surface area contributed by atoms with Gasteiger partial charge in [-0.3, -0.25) is 0 Å². The van der Waals surface area contributed by atoms with Crippen LogP contribution in [0.4, 0.5) is 0 Å². The monoisotopic (exact) mass is 202 g/mol. The lowest BCUT2D eigenvalue weighted by molar-refractivity contribution is -0.154. The lowest BCUT2D eigenvalue weighted by Gasteiger charge is -2.15. The molecule has 4 heteroatoms. The smallest absolute Gasteiger partial charge is 0.335 e. The zero-order valence-electron chi connectivity index (χ0n) is 8.57. The number of carboxylic acid groups (broad SMARTS) is 1. The summed E-state index contributed by atoms with van der Waals surface area (Å²) in [6.45, 7) is 0.683. The molecule has 1 rings (SSSR count). The molecule has 1 atom stereocenters. The van der Waals surface area contributed by atoms with Crippen LogP contribution in [0.2, 0.25) is 0 Å². The number of hydrogen-bond donors (Lipinski definition) is 1. The molecule has 1 N–H and O–H groups in total. The van der Waals surface area contributed by atoms with Crippen molar-refractivity contribution in [2.45, 2.75) is 31.8 Å². The average molecular weight is 202 g/mol. The highest BCUT2D eigenvalue weighted by molar-refractivity contribution is 5.72. The van der Waals surface area contributed by atoms with Gasteiger partial charge in [0, 0.05) is 7.11 Å². The topological polar surface area (TPSA) is 55.8 Å². The fourth-order valence-corrected chi connectivity index (χ4v) is 1.77. The summed E-state index contributed by atoms with van der Waals surface area (Å²) >= 11 is 0. The first-order valence-corrected chi connectivity index (χ1v) is 5.07. The molecule has 1 saturated carbocycles. The molecule has 1 aliphatic carbocycles.